The zero-order valence-corrected chi connectivity index (χ0v) is 7.19. The summed E-state index contributed by atoms with van der Waals surface area (Å²) in [4.78, 5) is 0. The molecule has 0 bridgehead atoms. The van der Waals surface area contributed by atoms with Crippen LogP contribution in [0.25, 0.3) is 0 Å². The van der Waals surface area contributed by atoms with Gasteiger partial charge < -0.3 is 15.4 Å². The van der Waals surface area contributed by atoms with E-state index in [1.807, 2.05) is 0 Å². The van der Waals surface area contributed by atoms with Gasteiger partial charge in [-0.25, -0.2) is 0 Å². The van der Waals surface area contributed by atoms with E-state index in [1.54, 1.807) is 0 Å². The van der Waals surface area contributed by atoms with Gasteiger partial charge in [-0.2, -0.15) is 0 Å². The first-order valence-corrected chi connectivity index (χ1v) is 4.29. The van der Waals surface area contributed by atoms with Crippen molar-refractivity contribution in [1.82, 2.24) is 0 Å². The Bertz CT molecular complexity index is 115. The summed E-state index contributed by atoms with van der Waals surface area (Å²) < 4.78 is 0. The number of rotatable bonds is 7. The van der Waals surface area contributed by atoms with Crippen LogP contribution in [0.1, 0.15) is 38.5 Å². The molecule has 4 heteroatoms. The van der Waals surface area contributed by atoms with Gasteiger partial charge >= 0.3 is 0 Å². The van der Waals surface area contributed by atoms with Crippen LogP contribution >= 0.6 is 0 Å². The molecule has 0 atom stereocenters. The van der Waals surface area contributed by atoms with Gasteiger partial charge in [-0.05, 0) is 25.7 Å². The average Bonchev–Trinajstić information content (AvgIpc) is 2.02. The lowest BCUT2D eigenvalue weighted by atomic mass is 10.1. The van der Waals surface area contributed by atoms with Crippen LogP contribution in [0.15, 0.2) is 5.16 Å². The number of nitrogens with zero attached hydrogens (tertiary/aromatic N) is 1. The molecule has 0 saturated carbocycles. The molecular weight excluding hydrogens is 158 g/mol. The van der Waals surface area contributed by atoms with Gasteiger partial charge in [-0.3, -0.25) is 0 Å². The molecule has 0 amide bonds. The summed E-state index contributed by atoms with van der Waals surface area (Å²) >= 11 is 0. The number of aliphatic hydroxyl groups is 2. The number of oxime groups is 1. The van der Waals surface area contributed by atoms with E-state index >= 15 is 0 Å². The smallest absolute Gasteiger partial charge is 0.151 e. The van der Waals surface area contributed by atoms with Crippen LogP contribution in [0.4, 0.5) is 0 Å². The van der Waals surface area contributed by atoms with E-state index in [1.165, 1.54) is 6.21 Å². The van der Waals surface area contributed by atoms with Gasteiger partial charge in [-0.15, -0.1) is 5.16 Å². The minimum atomic E-state index is -1.16. The van der Waals surface area contributed by atoms with E-state index in [4.69, 9.17) is 15.4 Å². The molecule has 12 heavy (non-hydrogen) atoms. The second-order valence-corrected chi connectivity index (χ2v) is 2.77. The number of hydrogen-bond donors (Lipinski definition) is 3. The monoisotopic (exact) mass is 175 g/mol. The van der Waals surface area contributed by atoms with Crippen molar-refractivity contribution >= 4 is 6.21 Å². The Morgan fingerprint density at radius 1 is 1.08 bits per heavy atom. The third-order valence-electron chi connectivity index (χ3n) is 1.63. The topological polar surface area (TPSA) is 73.1 Å². The van der Waals surface area contributed by atoms with Gasteiger partial charge in [0.1, 0.15) is 0 Å². The van der Waals surface area contributed by atoms with Crippen LogP contribution in [0, 0.1) is 0 Å². The molecule has 0 aliphatic carbocycles. The fraction of sp³-hybridized carbons (Fsp3) is 0.875. The van der Waals surface area contributed by atoms with Crippen molar-refractivity contribution in [3.8, 4) is 0 Å². The van der Waals surface area contributed by atoms with Crippen LogP contribution in [-0.4, -0.2) is 27.9 Å². The first kappa shape index (κ1) is 11.4. The third-order valence-corrected chi connectivity index (χ3v) is 1.63. The maximum absolute atomic E-state index is 8.49. The van der Waals surface area contributed by atoms with Crippen molar-refractivity contribution in [3.05, 3.63) is 0 Å². The number of aliphatic hydroxyl groups excluding tert-OH is 1. The summed E-state index contributed by atoms with van der Waals surface area (Å²) in [5.74, 6) is 0. The van der Waals surface area contributed by atoms with Crippen LogP contribution in [0.2, 0.25) is 0 Å². The molecule has 0 rings (SSSR count). The van der Waals surface area contributed by atoms with Crippen molar-refractivity contribution in [2.45, 2.75) is 44.8 Å². The van der Waals surface area contributed by atoms with Crippen LogP contribution in [-0.2, 0) is 0 Å². The van der Waals surface area contributed by atoms with Crippen molar-refractivity contribution in [3.63, 3.8) is 0 Å². The zero-order valence-electron chi connectivity index (χ0n) is 7.19. The maximum atomic E-state index is 8.49. The average molecular weight is 175 g/mol. The molecule has 0 aromatic carbocycles. The van der Waals surface area contributed by atoms with Gasteiger partial charge in [0.25, 0.3) is 0 Å². The second kappa shape index (κ2) is 8.49. The first-order chi connectivity index (χ1) is 5.77. The van der Waals surface area contributed by atoms with E-state index in [-0.39, 0.29) is 0 Å². The first-order valence-electron chi connectivity index (χ1n) is 4.29. The van der Waals surface area contributed by atoms with E-state index in [9.17, 15) is 0 Å². The quantitative estimate of drug-likeness (QED) is 0.178. The predicted octanol–water partition coefficient (Wildman–Crippen LogP) is 1.10. The molecule has 0 aromatic heterocycles. The lowest BCUT2D eigenvalue weighted by Crippen LogP contribution is -2.02. The SMILES string of the molecule is O/N=C/CCCCCCC(O)O. The Morgan fingerprint density at radius 2 is 1.75 bits per heavy atom. The molecule has 0 unspecified atom stereocenters. The highest BCUT2D eigenvalue weighted by Crippen LogP contribution is 2.05. The lowest BCUT2D eigenvalue weighted by Gasteiger charge is -2.01. The Labute approximate surface area is 72.5 Å². The minimum Gasteiger partial charge on any atom is -0.411 e. The molecule has 0 aliphatic heterocycles. The van der Waals surface area contributed by atoms with E-state index < -0.39 is 6.29 Å². The Morgan fingerprint density at radius 3 is 2.33 bits per heavy atom. The Balaban J connectivity index is 2.91. The fourth-order valence-electron chi connectivity index (χ4n) is 0.974. The van der Waals surface area contributed by atoms with Gasteiger partial charge in [0.05, 0.1) is 0 Å². The van der Waals surface area contributed by atoms with Crippen molar-refractivity contribution in [2.75, 3.05) is 0 Å². The van der Waals surface area contributed by atoms with Gasteiger partial charge in [0, 0.05) is 6.21 Å². The zero-order chi connectivity index (χ0) is 9.23. The van der Waals surface area contributed by atoms with E-state index in [2.05, 4.69) is 5.16 Å². The van der Waals surface area contributed by atoms with Crippen LogP contribution in [0.3, 0.4) is 0 Å². The minimum absolute atomic E-state index is 0.452. The molecule has 4 nitrogen and oxygen atoms in total. The summed E-state index contributed by atoms with van der Waals surface area (Å²) in [6.07, 6.45) is 5.42. The molecule has 72 valence electrons. The Kier molecular flexibility index (Phi) is 8.05. The van der Waals surface area contributed by atoms with Gasteiger partial charge in [0.2, 0.25) is 0 Å². The second-order valence-electron chi connectivity index (χ2n) is 2.77. The predicted molar refractivity (Wildman–Crippen MR) is 46.2 cm³/mol. The normalized spacial score (nSPS) is 11.6. The molecule has 0 heterocycles. The maximum Gasteiger partial charge on any atom is 0.151 e. The molecular formula is C8H17NO3. The molecule has 3 N–H and O–H groups in total. The summed E-state index contributed by atoms with van der Waals surface area (Å²) in [5.41, 5.74) is 0. The largest absolute Gasteiger partial charge is 0.411 e. The van der Waals surface area contributed by atoms with Crippen molar-refractivity contribution < 1.29 is 15.4 Å². The highest BCUT2D eigenvalue weighted by molar-refractivity contribution is 5.55. The molecule has 0 spiro atoms. The van der Waals surface area contributed by atoms with Gasteiger partial charge in [-0.1, -0.05) is 12.8 Å². The highest BCUT2D eigenvalue weighted by Gasteiger charge is 1.95. The van der Waals surface area contributed by atoms with Crippen molar-refractivity contribution in [1.29, 1.82) is 0 Å². The Hall–Kier alpha value is -0.610. The molecule has 0 saturated heterocycles. The third kappa shape index (κ3) is 9.39. The summed E-state index contributed by atoms with van der Waals surface area (Å²) in [5, 5.41) is 27.9. The summed E-state index contributed by atoms with van der Waals surface area (Å²) in [6.45, 7) is 0. The van der Waals surface area contributed by atoms with Crippen LogP contribution < -0.4 is 0 Å². The standard InChI is InChI=1S/C8H17NO3/c10-8(11)6-4-2-1-3-5-7-9-12/h7-8,10-12H,1-6H2/b9-7+. The number of unbranched alkanes of at least 4 members (excludes halogenated alkanes) is 4. The highest BCUT2D eigenvalue weighted by atomic mass is 16.5. The van der Waals surface area contributed by atoms with E-state index in [0.717, 1.165) is 32.1 Å². The van der Waals surface area contributed by atoms with Crippen molar-refractivity contribution in [2.24, 2.45) is 5.16 Å². The molecule has 0 radical (unpaired) electrons. The van der Waals surface area contributed by atoms with Gasteiger partial charge in [0.15, 0.2) is 6.29 Å². The number of hydrogen-bond acceptors (Lipinski definition) is 4. The molecule has 0 aromatic rings. The van der Waals surface area contributed by atoms with E-state index in [0.29, 0.717) is 6.42 Å². The van der Waals surface area contributed by atoms with Crippen LogP contribution in [0.5, 0.6) is 0 Å². The molecule has 0 aliphatic rings. The fourth-order valence-corrected chi connectivity index (χ4v) is 0.974. The summed E-state index contributed by atoms with van der Waals surface area (Å²) in [7, 11) is 0. The summed E-state index contributed by atoms with van der Waals surface area (Å²) in [6, 6.07) is 0. The lowest BCUT2D eigenvalue weighted by molar-refractivity contribution is -0.0465. The molecule has 0 fully saturated rings.